The first kappa shape index (κ1) is 13.6. The number of anilines is 1. The van der Waals surface area contributed by atoms with Crippen LogP contribution in [0.3, 0.4) is 0 Å². The van der Waals surface area contributed by atoms with Crippen molar-refractivity contribution >= 4 is 22.4 Å². The number of ether oxygens (including phenoxy) is 1. The minimum absolute atomic E-state index is 0.0127. The smallest absolute Gasteiger partial charge is 0.265 e. The van der Waals surface area contributed by atoms with Gasteiger partial charge in [0.05, 0.1) is 12.2 Å². The molecule has 3 aromatic rings. The highest BCUT2D eigenvalue weighted by Crippen LogP contribution is 2.36. The lowest BCUT2D eigenvalue weighted by atomic mass is 10.0. The van der Waals surface area contributed by atoms with Crippen molar-refractivity contribution < 1.29 is 14.6 Å². The molecule has 4 rings (SSSR count). The van der Waals surface area contributed by atoms with E-state index in [2.05, 4.69) is 18.2 Å². The van der Waals surface area contributed by atoms with Crippen LogP contribution in [-0.4, -0.2) is 17.6 Å². The molecule has 4 heteroatoms. The number of phenols is 1. The van der Waals surface area contributed by atoms with Crippen molar-refractivity contribution in [3.63, 3.8) is 0 Å². The van der Waals surface area contributed by atoms with E-state index in [-0.39, 0.29) is 18.3 Å². The standard InChI is InChI=1S/C19H15NO3/c21-15-8-9-17-18(10-15)23-12-19(22)20(17)11-14-6-3-5-13-4-1-2-7-16(13)14/h1-10,21H,11-12H2. The lowest BCUT2D eigenvalue weighted by molar-refractivity contribution is -0.121. The van der Waals surface area contributed by atoms with Crippen molar-refractivity contribution in [2.75, 3.05) is 11.5 Å². The Kier molecular flexibility index (Phi) is 3.15. The molecule has 1 aliphatic rings. The number of hydrogen-bond donors (Lipinski definition) is 1. The topological polar surface area (TPSA) is 49.8 Å². The maximum Gasteiger partial charge on any atom is 0.265 e. The predicted octanol–water partition coefficient (Wildman–Crippen LogP) is 3.47. The molecule has 0 spiro atoms. The highest BCUT2D eigenvalue weighted by atomic mass is 16.5. The number of amides is 1. The van der Waals surface area contributed by atoms with E-state index in [1.54, 1.807) is 17.0 Å². The minimum Gasteiger partial charge on any atom is -0.508 e. The third-order valence-corrected chi connectivity index (χ3v) is 4.09. The Labute approximate surface area is 133 Å². The summed E-state index contributed by atoms with van der Waals surface area (Å²) >= 11 is 0. The van der Waals surface area contributed by atoms with Crippen LogP contribution in [0.4, 0.5) is 5.69 Å². The first-order chi connectivity index (χ1) is 11.2. The van der Waals surface area contributed by atoms with Gasteiger partial charge in [-0.15, -0.1) is 0 Å². The highest BCUT2D eigenvalue weighted by Gasteiger charge is 2.26. The first-order valence-corrected chi connectivity index (χ1v) is 7.45. The summed E-state index contributed by atoms with van der Waals surface area (Å²) in [6, 6.07) is 19.0. The molecule has 0 saturated heterocycles. The number of hydrogen-bond acceptors (Lipinski definition) is 3. The molecule has 0 radical (unpaired) electrons. The summed E-state index contributed by atoms with van der Waals surface area (Å²) < 4.78 is 5.42. The Hall–Kier alpha value is -3.01. The van der Waals surface area contributed by atoms with Crippen molar-refractivity contribution in [1.29, 1.82) is 0 Å². The summed E-state index contributed by atoms with van der Waals surface area (Å²) in [4.78, 5) is 14.0. The molecule has 3 aromatic carbocycles. The van der Waals surface area contributed by atoms with Gasteiger partial charge in [0.15, 0.2) is 6.61 Å². The molecule has 1 aliphatic heterocycles. The summed E-state index contributed by atoms with van der Waals surface area (Å²) in [5.41, 5.74) is 1.77. The van der Waals surface area contributed by atoms with E-state index in [4.69, 9.17) is 4.74 Å². The van der Waals surface area contributed by atoms with Crippen molar-refractivity contribution in [3.8, 4) is 11.5 Å². The maximum absolute atomic E-state index is 12.3. The number of rotatable bonds is 2. The molecular weight excluding hydrogens is 290 g/mol. The van der Waals surface area contributed by atoms with Crippen LogP contribution < -0.4 is 9.64 Å². The third-order valence-electron chi connectivity index (χ3n) is 4.09. The van der Waals surface area contributed by atoms with Crippen molar-refractivity contribution in [2.45, 2.75) is 6.54 Å². The summed E-state index contributed by atoms with van der Waals surface area (Å²) in [5, 5.41) is 11.9. The van der Waals surface area contributed by atoms with Gasteiger partial charge in [0, 0.05) is 6.07 Å². The van der Waals surface area contributed by atoms with Crippen molar-refractivity contribution in [3.05, 3.63) is 66.2 Å². The van der Waals surface area contributed by atoms with Gasteiger partial charge in [0.2, 0.25) is 0 Å². The van der Waals surface area contributed by atoms with Crippen LogP contribution >= 0.6 is 0 Å². The second kappa shape index (κ2) is 5.32. The van der Waals surface area contributed by atoms with Crippen LogP contribution in [0.25, 0.3) is 10.8 Å². The van der Waals surface area contributed by atoms with Crippen LogP contribution in [0.15, 0.2) is 60.7 Å². The Balaban J connectivity index is 1.77. The lowest BCUT2D eigenvalue weighted by Gasteiger charge is -2.29. The average molecular weight is 305 g/mol. The second-order valence-corrected chi connectivity index (χ2v) is 5.56. The normalized spacial score (nSPS) is 13.7. The van der Waals surface area contributed by atoms with E-state index in [1.807, 2.05) is 24.3 Å². The van der Waals surface area contributed by atoms with Crippen LogP contribution in [0.2, 0.25) is 0 Å². The van der Waals surface area contributed by atoms with E-state index < -0.39 is 0 Å². The monoisotopic (exact) mass is 305 g/mol. The summed E-state index contributed by atoms with van der Waals surface area (Å²) in [5.74, 6) is 0.573. The Morgan fingerprint density at radius 2 is 1.87 bits per heavy atom. The average Bonchev–Trinajstić information content (AvgIpc) is 2.57. The van der Waals surface area contributed by atoms with Crippen LogP contribution in [0, 0.1) is 0 Å². The van der Waals surface area contributed by atoms with Gasteiger partial charge < -0.3 is 14.7 Å². The molecule has 1 amide bonds. The van der Waals surface area contributed by atoms with E-state index in [9.17, 15) is 9.90 Å². The molecule has 0 aromatic heterocycles. The lowest BCUT2D eigenvalue weighted by Crippen LogP contribution is -2.38. The predicted molar refractivity (Wildman–Crippen MR) is 88.7 cm³/mol. The number of nitrogens with zero attached hydrogens (tertiary/aromatic N) is 1. The zero-order valence-electron chi connectivity index (χ0n) is 12.4. The molecular formula is C19H15NO3. The Morgan fingerprint density at radius 1 is 1.04 bits per heavy atom. The second-order valence-electron chi connectivity index (χ2n) is 5.56. The van der Waals surface area contributed by atoms with Gasteiger partial charge in [-0.05, 0) is 28.5 Å². The molecule has 0 fully saturated rings. The maximum atomic E-state index is 12.3. The molecule has 23 heavy (non-hydrogen) atoms. The number of carbonyl (C=O) groups is 1. The third kappa shape index (κ3) is 2.38. The van der Waals surface area contributed by atoms with Gasteiger partial charge in [0.1, 0.15) is 11.5 Å². The summed E-state index contributed by atoms with van der Waals surface area (Å²) in [6.45, 7) is 0.461. The number of fused-ring (bicyclic) bond motifs is 2. The molecule has 114 valence electrons. The fourth-order valence-corrected chi connectivity index (χ4v) is 2.97. The Bertz CT molecular complexity index is 899. The molecule has 0 bridgehead atoms. The van der Waals surface area contributed by atoms with Gasteiger partial charge >= 0.3 is 0 Å². The van der Waals surface area contributed by atoms with Gasteiger partial charge in [-0.25, -0.2) is 0 Å². The molecule has 0 aliphatic carbocycles. The molecule has 4 nitrogen and oxygen atoms in total. The number of aromatic hydroxyl groups is 1. The van der Waals surface area contributed by atoms with E-state index in [0.717, 1.165) is 16.3 Å². The van der Waals surface area contributed by atoms with E-state index in [1.165, 1.54) is 6.07 Å². The molecule has 0 saturated carbocycles. The van der Waals surface area contributed by atoms with Gasteiger partial charge in [-0.2, -0.15) is 0 Å². The highest BCUT2D eigenvalue weighted by molar-refractivity contribution is 5.98. The van der Waals surface area contributed by atoms with Crippen molar-refractivity contribution in [2.24, 2.45) is 0 Å². The van der Waals surface area contributed by atoms with E-state index in [0.29, 0.717) is 18.0 Å². The fourth-order valence-electron chi connectivity index (χ4n) is 2.97. The molecule has 1 N–H and O–H groups in total. The number of benzene rings is 3. The zero-order valence-corrected chi connectivity index (χ0v) is 12.4. The molecule has 1 heterocycles. The zero-order chi connectivity index (χ0) is 15.8. The fraction of sp³-hybridized carbons (Fsp3) is 0.105. The molecule has 0 atom stereocenters. The largest absolute Gasteiger partial charge is 0.508 e. The number of carbonyl (C=O) groups excluding carboxylic acids is 1. The van der Waals surface area contributed by atoms with Crippen LogP contribution in [0.5, 0.6) is 11.5 Å². The van der Waals surface area contributed by atoms with Gasteiger partial charge in [-0.1, -0.05) is 42.5 Å². The van der Waals surface area contributed by atoms with Gasteiger partial charge in [0.25, 0.3) is 5.91 Å². The Morgan fingerprint density at radius 3 is 2.78 bits per heavy atom. The quantitative estimate of drug-likeness (QED) is 0.788. The summed E-state index contributed by atoms with van der Waals surface area (Å²) in [6.07, 6.45) is 0. The SMILES string of the molecule is O=C1COc2cc(O)ccc2N1Cc1cccc2ccccc12. The van der Waals surface area contributed by atoms with Crippen molar-refractivity contribution in [1.82, 2.24) is 0 Å². The van der Waals surface area contributed by atoms with E-state index >= 15 is 0 Å². The minimum atomic E-state index is -0.0869. The number of phenolic OH excluding ortho intramolecular Hbond substituents is 1. The van der Waals surface area contributed by atoms with Gasteiger partial charge in [-0.3, -0.25) is 4.79 Å². The van der Waals surface area contributed by atoms with Crippen LogP contribution in [0.1, 0.15) is 5.56 Å². The molecule has 0 unspecified atom stereocenters. The first-order valence-electron chi connectivity index (χ1n) is 7.45. The van der Waals surface area contributed by atoms with Crippen LogP contribution in [-0.2, 0) is 11.3 Å². The summed E-state index contributed by atoms with van der Waals surface area (Å²) in [7, 11) is 0.